The third kappa shape index (κ3) is 5.77. The predicted molar refractivity (Wildman–Crippen MR) is 139 cm³/mol. The Balaban J connectivity index is 1.48. The van der Waals surface area contributed by atoms with Crippen molar-refractivity contribution in [3.05, 3.63) is 65.9 Å². The van der Waals surface area contributed by atoms with Crippen LogP contribution in [0, 0.1) is 0 Å². The summed E-state index contributed by atoms with van der Waals surface area (Å²) in [5.41, 5.74) is 6.38. The fourth-order valence-corrected chi connectivity index (χ4v) is 4.41. The lowest BCUT2D eigenvalue weighted by molar-refractivity contribution is -0.124. The van der Waals surface area contributed by atoms with E-state index in [1.54, 1.807) is 69.3 Å². The summed E-state index contributed by atoms with van der Waals surface area (Å²) >= 11 is 0. The number of nitrogens with zero attached hydrogens (tertiary/aromatic N) is 2. The number of hydrogen-bond donors (Lipinski definition) is 3. The highest BCUT2D eigenvalue weighted by molar-refractivity contribution is 6.05. The van der Waals surface area contributed by atoms with Gasteiger partial charge in [0.05, 0.1) is 23.3 Å². The molecule has 11 heteroatoms. The van der Waals surface area contributed by atoms with Crippen LogP contribution in [0.4, 0.5) is 19.7 Å². The molecule has 1 fully saturated rings. The first-order chi connectivity index (χ1) is 17.9. The molecule has 4 rings (SSSR count). The van der Waals surface area contributed by atoms with Crippen molar-refractivity contribution in [2.45, 2.75) is 51.6 Å². The van der Waals surface area contributed by atoms with Gasteiger partial charge in [0.15, 0.2) is 0 Å². The summed E-state index contributed by atoms with van der Waals surface area (Å²) in [5, 5.41) is 5.96. The molecule has 0 spiro atoms. The average molecular weight is 524 g/mol. The molecule has 0 unspecified atom stereocenters. The number of amides is 4. The van der Waals surface area contributed by atoms with Gasteiger partial charge in [-0.15, -0.1) is 0 Å². The number of ether oxygens (including phenoxy) is 1. The number of rotatable bonds is 5. The number of urea groups is 1. The third-order valence-electron chi connectivity index (χ3n) is 6.09. The molecule has 1 saturated heterocycles. The van der Waals surface area contributed by atoms with Crippen LogP contribution in [0.15, 0.2) is 54.7 Å². The van der Waals surface area contributed by atoms with E-state index in [0.29, 0.717) is 27.7 Å². The first-order valence-electron chi connectivity index (χ1n) is 12.1. The molecule has 1 aliphatic heterocycles. The van der Waals surface area contributed by atoms with Crippen molar-refractivity contribution >= 4 is 40.5 Å². The molecule has 0 saturated carbocycles. The second-order valence-corrected chi connectivity index (χ2v) is 10.1. The summed E-state index contributed by atoms with van der Waals surface area (Å²) in [4.78, 5) is 51.7. The summed E-state index contributed by atoms with van der Waals surface area (Å²) < 4.78 is 21.0. The molecule has 1 aromatic heterocycles. The van der Waals surface area contributed by atoms with Crippen molar-refractivity contribution < 1.29 is 28.3 Å². The Kier molecular flexibility index (Phi) is 7.38. The van der Waals surface area contributed by atoms with Crippen LogP contribution in [0.1, 0.15) is 43.1 Å². The van der Waals surface area contributed by atoms with Gasteiger partial charge >= 0.3 is 18.0 Å². The molecule has 2 atom stereocenters. The van der Waals surface area contributed by atoms with Crippen LogP contribution >= 0.6 is 0 Å². The van der Waals surface area contributed by atoms with E-state index in [0.717, 1.165) is 4.90 Å². The van der Waals surface area contributed by atoms with Crippen molar-refractivity contribution in [2.24, 2.45) is 5.73 Å². The van der Waals surface area contributed by atoms with Crippen LogP contribution in [-0.2, 0) is 16.1 Å². The third-order valence-corrected chi connectivity index (χ3v) is 6.09. The summed E-state index contributed by atoms with van der Waals surface area (Å²) in [6.45, 7) is 4.99. The number of para-hydroxylation sites is 1. The molecule has 0 radical (unpaired) electrons. The molecule has 4 amide bonds. The van der Waals surface area contributed by atoms with E-state index in [9.17, 15) is 23.6 Å². The number of hydrogen-bond acceptors (Lipinski definition) is 5. The molecule has 1 aliphatic rings. The smallest absolute Gasteiger partial charge is 0.338 e. The van der Waals surface area contributed by atoms with Gasteiger partial charge in [-0.25, -0.2) is 18.8 Å². The van der Waals surface area contributed by atoms with E-state index in [1.807, 2.05) is 0 Å². The summed E-state index contributed by atoms with van der Waals surface area (Å²) in [6.07, 6.45) is -0.176. The van der Waals surface area contributed by atoms with Gasteiger partial charge in [-0.05, 0) is 38.5 Å². The maximum Gasteiger partial charge on any atom is 0.338 e. The number of carbonyl (C=O) groups excluding carboxylic acids is 4. The Labute approximate surface area is 218 Å². The molecule has 4 N–H and O–H groups in total. The Morgan fingerprint density at radius 1 is 1.08 bits per heavy atom. The van der Waals surface area contributed by atoms with Crippen molar-refractivity contribution in [1.82, 2.24) is 14.8 Å². The number of nitrogens with one attached hydrogen (secondary N) is 2. The van der Waals surface area contributed by atoms with Crippen LogP contribution in [0.2, 0.25) is 0 Å². The standard InChI is InChI=1S/C27H30FN5O5/c1-27(2,3)38-24(35)18-9-5-4-8-16(18)13-30-23(34)22-12-17(28)14-33(22)26(37)31-20-15-32(25(29)36)21-11-7-6-10-19(20)21/h4-11,15,17,22H,12-14H2,1-3H3,(H2,29,36)(H,30,34)(H,31,37)/t17-,22+/m1/s1. The number of carbonyl (C=O) groups is 4. The number of fused-ring (bicyclic) bond motifs is 1. The van der Waals surface area contributed by atoms with E-state index in [2.05, 4.69) is 10.6 Å². The highest BCUT2D eigenvalue weighted by Crippen LogP contribution is 2.28. The van der Waals surface area contributed by atoms with E-state index in [-0.39, 0.29) is 19.5 Å². The summed E-state index contributed by atoms with van der Waals surface area (Å²) in [7, 11) is 0. The maximum atomic E-state index is 14.4. The fraction of sp³-hybridized carbons (Fsp3) is 0.333. The fourth-order valence-electron chi connectivity index (χ4n) is 4.41. The minimum absolute atomic E-state index is 0.0107. The lowest BCUT2D eigenvalue weighted by Gasteiger charge is -2.24. The normalized spacial score (nSPS) is 17.3. The van der Waals surface area contributed by atoms with Gasteiger partial charge in [-0.2, -0.15) is 0 Å². The summed E-state index contributed by atoms with van der Waals surface area (Å²) in [5.74, 6) is -1.08. The zero-order chi connectivity index (χ0) is 27.6. The molecule has 38 heavy (non-hydrogen) atoms. The van der Waals surface area contributed by atoms with Gasteiger partial charge in [0.2, 0.25) is 5.91 Å². The molecule has 200 valence electrons. The van der Waals surface area contributed by atoms with Crippen LogP contribution in [0.5, 0.6) is 0 Å². The number of benzene rings is 2. The number of anilines is 1. The lowest BCUT2D eigenvalue weighted by Crippen LogP contribution is -2.47. The number of alkyl halides is 1. The van der Waals surface area contributed by atoms with E-state index in [1.165, 1.54) is 10.8 Å². The Hall–Kier alpha value is -4.41. The van der Waals surface area contributed by atoms with Gasteiger partial charge in [0.1, 0.15) is 17.8 Å². The number of likely N-dealkylation sites (tertiary alicyclic amines) is 1. The lowest BCUT2D eigenvalue weighted by atomic mass is 10.1. The van der Waals surface area contributed by atoms with Crippen LogP contribution < -0.4 is 16.4 Å². The number of nitrogens with two attached hydrogens (primary N) is 1. The average Bonchev–Trinajstić information content (AvgIpc) is 3.43. The topological polar surface area (TPSA) is 136 Å². The second kappa shape index (κ2) is 10.5. The monoisotopic (exact) mass is 523 g/mol. The first-order valence-corrected chi connectivity index (χ1v) is 12.1. The SMILES string of the molecule is CC(C)(C)OC(=O)c1ccccc1CNC(=O)[C@@H]1C[C@@H](F)CN1C(=O)Nc1cn(C(N)=O)c2ccccc12. The molecule has 10 nitrogen and oxygen atoms in total. The maximum absolute atomic E-state index is 14.4. The van der Waals surface area contributed by atoms with Gasteiger partial charge in [0.25, 0.3) is 0 Å². The van der Waals surface area contributed by atoms with Crippen molar-refractivity contribution in [2.75, 3.05) is 11.9 Å². The van der Waals surface area contributed by atoms with Crippen LogP contribution in [0.25, 0.3) is 10.9 Å². The zero-order valence-corrected chi connectivity index (χ0v) is 21.4. The zero-order valence-electron chi connectivity index (χ0n) is 21.4. The molecule has 0 aliphatic carbocycles. The highest BCUT2D eigenvalue weighted by Gasteiger charge is 2.40. The minimum atomic E-state index is -1.39. The van der Waals surface area contributed by atoms with Crippen molar-refractivity contribution in [3.8, 4) is 0 Å². The Bertz CT molecular complexity index is 1400. The largest absolute Gasteiger partial charge is 0.456 e. The minimum Gasteiger partial charge on any atom is -0.456 e. The highest BCUT2D eigenvalue weighted by atomic mass is 19.1. The first kappa shape index (κ1) is 26.6. The van der Waals surface area contributed by atoms with E-state index >= 15 is 0 Å². The quantitative estimate of drug-likeness (QED) is 0.437. The molecular formula is C27H30FN5O5. The van der Waals surface area contributed by atoms with Crippen LogP contribution in [0.3, 0.4) is 0 Å². The van der Waals surface area contributed by atoms with Gasteiger partial charge in [0, 0.05) is 24.5 Å². The second-order valence-electron chi connectivity index (χ2n) is 10.1. The van der Waals surface area contributed by atoms with Crippen molar-refractivity contribution in [1.29, 1.82) is 0 Å². The number of aromatic nitrogens is 1. The number of primary amides is 1. The van der Waals surface area contributed by atoms with E-state index in [4.69, 9.17) is 10.5 Å². The molecule has 0 bridgehead atoms. The molecular weight excluding hydrogens is 493 g/mol. The van der Waals surface area contributed by atoms with E-state index < -0.39 is 41.8 Å². The van der Waals surface area contributed by atoms with Gasteiger partial charge in [-0.1, -0.05) is 36.4 Å². The molecule has 2 aromatic carbocycles. The number of halogens is 1. The molecule has 3 aromatic rings. The summed E-state index contributed by atoms with van der Waals surface area (Å²) in [6, 6.07) is 11.1. The van der Waals surface area contributed by atoms with Gasteiger partial charge < -0.3 is 26.0 Å². The van der Waals surface area contributed by atoms with Crippen LogP contribution in [-0.4, -0.2) is 57.8 Å². The predicted octanol–water partition coefficient (Wildman–Crippen LogP) is 3.78. The Morgan fingerprint density at radius 3 is 2.47 bits per heavy atom. The Morgan fingerprint density at radius 2 is 1.76 bits per heavy atom. The van der Waals surface area contributed by atoms with Gasteiger partial charge in [-0.3, -0.25) is 9.36 Å². The van der Waals surface area contributed by atoms with Crippen molar-refractivity contribution in [3.63, 3.8) is 0 Å². The molecule has 2 heterocycles. The number of esters is 1.